The van der Waals surface area contributed by atoms with Crippen LogP contribution in [0.15, 0.2) is 0 Å². The highest BCUT2D eigenvalue weighted by atomic mass is 15.3. The summed E-state index contributed by atoms with van der Waals surface area (Å²) in [7, 11) is 0. The SMILES string of the molecule is C1CCn2c(nnc2CN2CCNCC2)C1. The predicted molar refractivity (Wildman–Crippen MR) is 61.1 cm³/mol. The highest BCUT2D eigenvalue weighted by Crippen LogP contribution is 2.15. The molecule has 0 bridgehead atoms. The van der Waals surface area contributed by atoms with Crippen LogP contribution in [-0.2, 0) is 19.5 Å². The third kappa shape index (κ3) is 1.97. The molecule has 0 radical (unpaired) electrons. The molecule has 3 heterocycles. The second-order valence-electron chi connectivity index (χ2n) is 4.67. The number of aryl methyl sites for hydroxylation is 1. The molecule has 5 nitrogen and oxygen atoms in total. The number of nitrogens with one attached hydrogen (secondary N) is 1. The molecule has 5 heteroatoms. The molecule has 1 aromatic rings. The highest BCUT2D eigenvalue weighted by molar-refractivity contribution is 4.99. The van der Waals surface area contributed by atoms with Crippen molar-refractivity contribution in [2.24, 2.45) is 0 Å². The number of fused-ring (bicyclic) bond motifs is 1. The van der Waals surface area contributed by atoms with Crippen molar-refractivity contribution in [3.8, 4) is 0 Å². The minimum absolute atomic E-state index is 0.967. The van der Waals surface area contributed by atoms with Gasteiger partial charge in [-0.25, -0.2) is 0 Å². The fraction of sp³-hybridized carbons (Fsp3) is 0.818. The fourth-order valence-corrected chi connectivity index (χ4v) is 2.55. The Kier molecular flexibility index (Phi) is 2.88. The highest BCUT2D eigenvalue weighted by Gasteiger charge is 2.18. The Morgan fingerprint density at radius 2 is 1.94 bits per heavy atom. The largest absolute Gasteiger partial charge is 0.314 e. The summed E-state index contributed by atoms with van der Waals surface area (Å²) in [5, 5.41) is 12.0. The first-order valence-electron chi connectivity index (χ1n) is 6.27. The second kappa shape index (κ2) is 4.51. The molecule has 88 valence electrons. The topological polar surface area (TPSA) is 46.0 Å². The lowest BCUT2D eigenvalue weighted by molar-refractivity contribution is 0.224. The molecule has 0 amide bonds. The van der Waals surface area contributed by atoms with E-state index in [2.05, 4.69) is 25.0 Å². The molecule has 2 aliphatic rings. The zero-order valence-electron chi connectivity index (χ0n) is 9.65. The number of hydrogen-bond acceptors (Lipinski definition) is 4. The lowest BCUT2D eigenvalue weighted by Gasteiger charge is -2.27. The molecule has 0 atom stereocenters. The molecule has 1 aromatic heterocycles. The van der Waals surface area contributed by atoms with Crippen molar-refractivity contribution in [2.75, 3.05) is 26.2 Å². The predicted octanol–water partition coefficient (Wildman–Crippen LogP) is 0.0196. The molecular formula is C11H19N5. The van der Waals surface area contributed by atoms with Gasteiger partial charge < -0.3 is 9.88 Å². The van der Waals surface area contributed by atoms with Crippen LogP contribution in [0.5, 0.6) is 0 Å². The summed E-state index contributed by atoms with van der Waals surface area (Å²) < 4.78 is 2.32. The van der Waals surface area contributed by atoms with Crippen LogP contribution in [0.4, 0.5) is 0 Å². The van der Waals surface area contributed by atoms with E-state index in [0.717, 1.165) is 51.5 Å². The summed E-state index contributed by atoms with van der Waals surface area (Å²) in [6, 6.07) is 0. The molecule has 0 unspecified atom stereocenters. The van der Waals surface area contributed by atoms with Gasteiger partial charge in [0.2, 0.25) is 0 Å². The van der Waals surface area contributed by atoms with E-state index < -0.39 is 0 Å². The summed E-state index contributed by atoms with van der Waals surface area (Å²) in [5.74, 6) is 2.35. The number of piperazine rings is 1. The monoisotopic (exact) mass is 221 g/mol. The second-order valence-corrected chi connectivity index (χ2v) is 4.67. The third-order valence-corrected chi connectivity index (χ3v) is 3.51. The van der Waals surface area contributed by atoms with Crippen LogP contribution in [0.1, 0.15) is 24.5 Å². The lowest BCUT2D eigenvalue weighted by Crippen LogP contribution is -2.43. The maximum Gasteiger partial charge on any atom is 0.147 e. The fourth-order valence-electron chi connectivity index (χ4n) is 2.55. The first-order chi connectivity index (χ1) is 7.93. The molecule has 0 aromatic carbocycles. The molecule has 0 saturated carbocycles. The van der Waals surface area contributed by atoms with Crippen LogP contribution in [0.3, 0.4) is 0 Å². The molecule has 16 heavy (non-hydrogen) atoms. The molecule has 1 fully saturated rings. The number of nitrogens with zero attached hydrogens (tertiary/aromatic N) is 4. The summed E-state index contributed by atoms with van der Waals surface area (Å²) in [6.07, 6.45) is 3.65. The van der Waals surface area contributed by atoms with Gasteiger partial charge in [-0.15, -0.1) is 10.2 Å². The minimum Gasteiger partial charge on any atom is -0.314 e. The first-order valence-corrected chi connectivity index (χ1v) is 6.27. The van der Waals surface area contributed by atoms with Gasteiger partial charge in [0.1, 0.15) is 11.6 Å². The van der Waals surface area contributed by atoms with Gasteiger partial charge in [-0.2, -0.15) is 0 Å². The minimum atomic E-state index is 0.967. The molecule has 0 spiro atoms. The number of aromatic nitrogens is 3. The molecule has 2 aliphatic heterocycles. The Morgan fingerprint density at radius 3 is 2.81 bits per heavy atom. The summed E-state index contributed by atoms with van der Waals surface area (Å²) in [4.78, 5) is 2.46. The molecular weight excluding hydrogens is 202 g/mol. The van der Waals surface area contributed by atoms with Crippen molar-refractivity contribution in [3.63, 3.8) is 0 Å². The Hall–Kier alpha value is -0.940. The van der Waals surface area contributed by atoms with Gasteiger partial charge in [0.05, 0.1) is 6.54 Å². The summed E-state index contributed by atoms with van der Waals surface area (Å²) in [6.45, 7) is 6.53. The Balaban J connectivity index is 1.71. The molecule has 1 N–H and O–H groups in total. The van der Waals surface area contributed by atoms with Gasteiger partial charge in [0, 0.05) is 39.1 Å². The Morgan fingerprint density at radius 1 is 1.06 bits per heavy atom. The zero-order valence-corrected chi connectivity index (χ0v) is 9.65. The molecule has 0 aliphatic carbocycles. The zero-order chi connectivity index (χ0) is 10.8. The van der Waals surface area contributed by atoms with Crippen molar-refractivity contribution >= 4 is 0 Å². The molecule has 3 rings (SSSR count). The van der Waals surface area contributed by atoms with Crippen molar-refractivity contribution in [1.29, 1.82) is 0 Å². The van der Waals surface area contributed by atoms with Crippen molar-refractivity contribution < 1.29 is 0 Å². The van der Waals surface area contributed by atoms with E-state index in [-0.39, 0.29) is 0 Å². The van der Waals surface area contributed by atoms with E-state index >= 15 is 0 Å². The average molecular weight is 221 g/mol. The first kappa shape index (κ1) is 10.2. The van der Waals surface area contributed by atoms with Crippen molar-refractivity contribution in [3.05, 3.63) is 11.6 Å². The summed E-state index contributed by atoms with van der Waals surface area (Å²) >= 11 is 0. The van der Waals surface area contributed by atoms with Crippen LogP contribution < -0.4 is 5.32 Å². The van der Waals surface area contributed by atoms with Gasteiger partial charge in [0.15, 0.2) is 0 Å². The van der Waals surface area contributed by atoms with Crippen molar-refractivity contribution in [2.45, 2.75) is 32.4 Å². The Labute approximate surface area is 95.8 Å². The maximum absolute atomic E-state index is 4.34. The Bertz CT molecular complexity index is 353. The van der Waals surface area contributed by atoms with Gasteiger partial charge in [-0.3, -0.25) is 4.90 Å². The van der Waals surface area contributed by atoms with Gasteiger partial charge in [-0.1, -0.05) is 0 Å². The van der Waals surface area contributed by atoms with Crippen LogP contribution in [0, 0.1) is 0 Å². The van der Waals surface area contributed by atoms with Crippen LogP contribution in [-0.4, -0.2) is 45.8 Å². The quantitative estimate of drug-likeness (QED) is 0.765. The number of hydrogen-bond donors (Lipinski definition) is 1. The van der Waals surface area contributed by atoms with Crippen LogP contribution >= 0.6 is 0 Å². The smallest absolute Gasteiger partial charge is 0.147 e. The van der Waals surface area contributed by atoms with Crippen LogP contribution in [0.25, 0.3) is 0 Å². The van der Waals surface area contributed by atoms with E-state index in [1.165, 1.54) is 18.7 Å². The van der Waals surface area contributed by atoms with E-state index in [4.69, 9.17) is 0 Å². The standard InChI is InChI=1S/C11H19N5/c1-2-6-16-10(3-1)13-14-11(16)9-15-7-4-12-5-8-15/h12H,1-9H2. The van der Waals surface area contributed by atoms with Gasteiger partial charge >= 0.3 is 0 Å². The lowest BCUT2D eigenvalue weighted by atomic mass is 10.1. The van der Waals surface area contributed by atoms with Crippen molar-refractivity contribution in [1.82, 2.24) is 25.0 Å². The van der Waals surface area contributed by atoms with Crippen LogP contribution in [0.2, 0.25) is 0 Å². The maximum atomic E-state index is 4.34. The molecule has 1 saturated heterocycles. The van der Waals surface area contributed by atoms with Gasteiger partial charge in [-0.05, 0) is 12.8 Å². The third-order valence-electron chi connectivity index (χ3n) is 3.51. The van der Waals surface area contributed by atoms with E-state index in [1.54, 1.807) is 0 Å². The van der Waals surface area contributed by atoms with E-state index in [0.29, 0.717) is 0 Å². The van der Waals surface area contributed by atoms with E-state index in [9.17, 15) is 0 Å². The van der Waals surface area contributed by atoms with E-state index in [1.807, 2.05) is 0 Å². The van der Waals surface area contributed by atoms with Gasteiger partial charge in [0.25, 0.3) is 0 Å². The number of rotatable bonds is 2. The average Bonchev–Trinajstić information content (AvgIpc) is 2.74. The summed E-state index contributed by atoms with van der Waals surface area (Å²) in [5.41, 5.74) is 0. The normalized spacial score (nSPS) is 22.0.